The predicted octanol–water partition coefficient (Wildman–Crippen LogP) is 1.67. The number of nitrogens with one attached hydrogen (secondary N) is 1. The molecule has 0 radical (unpaired) electrons. The highest BCUT2D eigenvalue weighted by Gasteiger charge is 2.18. The van der Waals surface area contributed by atoms with Gasteiger partial charge in [-0.05, 0) is 43.6 Å². The van der Waals surface area contributed by atoms with Gasteiger partial charge in [0.25, 0.3) is 0 Å². The Hall–Kier alpha value is -1.43. The summed E-state index contributed by atoms with van der Waals surface area (Å²) >= 11 is 0. The molecular weight excluding hydrogens is 280 g/mol. The molecule has 0 aromatic heterocycles. The molecule has 1 aromatic carbocycles. The summed E-state index contributed by atoms with van der Waals surface area (Å²) in [7, 11) is 3.14. The van der Waals surface area contributed by atoms with E-state index in [4.69, 9.17) is 9.47 Å². The Balaban J connectivity index is 1.75. The van der Waals surface area contributed by atoms with Crippen LogP contribution in [-0.4, -0.2) is 57.4 Å². The number of methoxy groups -OCH3 is 2. The molecule has 0 spiro atoms. The van der Waals surface area contributed by atoms with Crippen LogP contribution in [0.15, 0.2) is 24.3 Å². The van der Waals surface area contributed by atoms with Crippen molar-refractivity contribution in [2.75, 3.05) is 40.5 Å². The lowest BCUT2D eigenvalue weighted by Gasteiger charge is -2.32. The Morgan fingerprint density at radius 2 is 1.91 bits per heavy atom. The second-order valence-electron chi connectivity index (χ2n) is 5.69. The highest BCUT2D eigenvalue weighted by molar-refractivity contribution is 5.89. The predicted molar refractivity (Wildman–Crippen MR) is 86.0 cm³/mol. The van der Waals surface area contributed by atoms with Crippen molar-refractivity contribution >= 4 is 5.97 Å². The summed E-state index contributed by atoms with van der Waals surface area (Å²) in [5, 5.41) is 3.53. The smallest absolute Gasteiger partial charge is 0.337 e. The van der Waals surface area contributed by atoms with E-state index in [0.29, 0.717) is 11.6 Å². The van der Waals surface area contributed by atoms with Crippen molar-refractivity contribution in [1.82, 2.24) is 10.2 Å². The Morgan fingerprint density at radius 3 is 2.50 bits per heavy atom. The van der Waals surface area contributed by atoms with Gasteiger partial charge in [0.1, 0.15) is 0 Å². The molecular formula is C17H26N2O3. The maximum atomic E-state index is 11.4. The number of benzene rings is 1. The van der Waals surface area contributed by atoms with Crippen molar-refractivity contribution in [3.05, 3.63) is 35.4 Å². The molecule has 1 aromatic rings. The average Bonchev–Trinajstić information content (AvgIpc) is 2.57. The summed E-state index contributed by atoms with van der Waals surface area (Å²) in [5.74, 6) is -0.283. The standard InChI is InChI=1S/C17H26N2O3/c1-21-12-9-18-16-7-10-19(11-8-16)13-14-3-5-15(6-4-14)17(20)22-2/h3-6,16,18H,7-13H2,1-2H3. The van der Waals surface area contributed by atoms with Gasteiger partial charge in [-0.3, -0.25) is 4.90 Å². The quantitative estimate of drug-likeness (QED) is 0.613. The van der Waals surface area contributed by atoms with E-state index in [2.05, 4.69) is 10.2 Å². The number of rotatable bonds is 7. The topological polar surface area (TPSA) is 50.8 Å². The van der Waals surface area contributed by atoms with Crippen LogP contribution in [0.1, 0.15) is 28.8 Å². The fourth-order valence-corrected chi connectivity index (χ4v) is 2.78. The maximum Gasteiger partial charge on any atom is 0.337 e. The number of hydrogen-bond acceptors (Lipinski definition) is 5. The van der Waals surface area contributed by atoms with Gasteiger partial charge in [-0.25, -0.2) is 4.79 Å². The Morgan fingerprint density at radius 1 is 1.23 bits per heavy atom. The molecule has 0 amide bonds. The van der Waals surface area contributed by atoms with Crippen LogP contribution in [-0.2, 0) is 16.0 Å². The molecule has 0 saturated carbocycles. The lowest BCUT2D eigenvalue weighted by molar-refractivity contribution is 0.0600. The molecule has 2 rings (SSSR count). The molecule has 0 aliphatic carbocycles. The van der Waals surface area contributed by atoms with E-state index in [1.54, 1.807) is 7.11 Å². The van der Waals surface area contributed by atoms with E-state index >= 15 is 0 Å². The fourth-order valence-electron chi connectivity index (χ4n) is 2.78. The van der Waals surface area contributed by atoms with Gasteiger partial charge in [-0.15, -0.1) is 0 Å². The zero-order valence-corrected chi connectivity index (χ0v) is 13.5. The molecule has 1 aliphatic rings. The van der Waals surface area contributed by atoms with Gasteiger partial charge in [0.15, 0.2) is 0 Å². The normalized spacial score (nSPS) is 16.6. The van der Waals surface area contributed by atoms with Crippen LogP contribution < -0.4 is 5.32 Å². The van der Waals surface area contributed by atoms with Crippen LogP contribution in [0.2, 0.25) is 0 Å². The molecule has 1 N–H and O–H groups in total. The minimum atomic E-state index is -0.283. The monoisotopic (exact) mass is 306 g/mol. The number of hydrogen-bond donors (Lipinski definition) is 1. The Labute approximate surface area is 132 Å². The Kier molecular flexibility index (Phi) is 6.83. The summed E-state index contributed by atoms with van der Waals surface area (Å²) < 4.78 is 9.77. The van der Waals surface area contributed by atoms with Crippen molar-refractivity contribution in [1.29, 1.82) is 0 Å². The van der Waals surface area contributed by atoms with Crippen molar-refractivity contribution in [3.63, 3.8) is 0 Å². The second-order valence-corrected chi connectivity index (χ2v) is 5.69. The largest absolute Gasteiger partial charge is 0.465 e. The number of esters is 1. The summed E-state index contributed by atoms with van der Waals surface area (Å²) in [4.78, 5) is 13.9. The first-order valence-electron chi connectivity index (χ1n) is 7.85. The number of nitrogens with zero attached hydrogens (tertiary/aromatic N) is 1. The third kappa shape index (κ3) is 5.09. The third-order valence-corrected chi connectivity index (χ3v) is 4.11. The molecule has 1 saturated heterocycles. The van der Waals surface area contributed by atoms with Crippen LogP contribution >= 0.6 is 0 Å². The Bertz CT molecular complexity index is 453. The third-order valence-electron chi connectivity index (χ3n) is 4.11. The van der Waals surface area contributed by atoms with Crippen LogP contribution in [0.25, 0.3) is 0 Å². The van der Waals surface area contributed by atoms with Gasteiger partial charge in [0, 0.05) is 26.2 Å². The number of likely N-dealkylation sites (tertiary alicyclic amines) is 1. The van der Waals surface area contributed by atoms with E-state index in [-0.39, 0.29) is 5.97 Å². The van der Waals surface area contributed by atoms with Crippen LogP contribution in [0, 0.1) is 0 Å². The van der Waals surface area contributed by atoms with Crippen molar-refractivity contribution < 1.29 is 14.3 Å². The molecule has 1 fully saturated rings. The molecule has 1 heterocycles. The molecule has 5 nitrogen and oxygen atoms in total. The van der Waals surface area contributed by atoms with E-state index in [9.17, 15) is 4.79 Å². The lowest BCUT2D eigenvalue weighted by atomic mass is 10.0. The molecule has 0 atom stereocenters. The van der Waals surface area contributed by atoms with Gasteiger partial charge in [-0.1, -0.05) is 12.1 Å². The highest BCUT2D eigenvalue weighted by Crippen LogP contribution is 2.14. The first-order chi connectivity index (χ1) is 10.7. The molecule has 0 bridgehead atoms. The van der Waals surface area contributed by atoms with Gasteiger partial charge < -0.3 is 14.8 Å². The van der Waals surface area contributed by atoms with Gasteiger partial charge in [-0.2, -0.15) is 0 Å². The van der Waals surface area contributed by atoms with Gasteiger partial charge in [0.2, 0.25) is 0 Å². The summed E-state index contributed by atoms with van der Waals surface area (Å²) in [6.07, 6.45) is 2.34. The van der Waals surface area contributed by atoms with Crippen molar-refractivity contribution in [3.8, 4) is 0 Å². The minimum Gasteiger partial charge on any atom is -0.465 e. The SMILES string of the molecule is COCCNC1CCN(Cc2ccc(C(=O)OC)cc2)CC1. The lowest BCUT2D eigenvalue weighted by Crippen LogP contribution is -2.43. The molecule has 5 heteroatoms. The van der Waals surface area contributed by atoms with E-state index in [1.165, 1.54) is 25.5 Å². The van der Waals surface area contributed by atoms with E-state index < -0.39 is 0 Å². The van der Waals surface area contributed by atoms with Crippen LogP contribution in [0.4, 0.5) is 0 Å². The van der Waals surface area contributed by atoms with Gasteiger partial charge >= 0.3 is 5.97 Å². The van der Waals surface area contributed by atoms with Crippen LogP contribution in [0.5, 0.6) is 0 Å². The molecule has 1 aliphatic heterocycles. The van der Waals surface area contributed by atoms with E-state index in [0.717, 1.165) is 32.8 Å². The second kappa shape index (κ2) is 8.88. The summed E-state index contributed by atoms with van der Waals surface area (Å²) in [6.45, 7) is 4.84. The zero-order valence-electron chi connectivity index (χ0n) is 13.5. The first kappa shape index (κ1) is 16.9. The highest BCUT2D eigenvalue weighted by atomic mass is 16.5. The minimum absolute atomic E-state index is 0.283. The van der Waals surface area contributed by atoms with Crippen molar-refractivity contribution in [2.24, 2.45) is 0 Å². The van der Waals surface area contributed by atoms with Crippen molar-refractivity contribution in [2.45, 2.75) is 25.4 Å². The fraction of sp³-hybridized carbons (Fsp3) is 0.588. The molecule has 22 heavy (non-hydrogen) atoms. The first-order valence-corrected chi connectivity index (χ1v) is 7.85. The molecule has 122 valence electrons. The number of carbonyl (C=O) groups is 1. The summed E-state index contributed by atoms with van der Waals surface area (Å²) in [5.41, 5.74) is 1.84. The maximum absolute atomic E-state index is 11.4. The van der Waals surface area contributed by atoms with Gasteiger partial charge in [0.05, 0.1) is 19.3 Å². The number of piperidine rings is 1. The van der Waals surface area contributed by atoms with E-state index in [1.807, 2.05) is 24.3 Å². The number of carbonyl (C=O) groups excluding carboxylic acids is 1. The average molecular weight is 306 g/mol. The number of ether oxygens (including phenoxy) is 2. The molecule has 0 unspecified atom stereocenters. The zero-order chi connectivity index (χ0) is 15.8. The summed E-state index contributed by atoms with van der Waals surface area (Å²) in [6, 6.07) is 8.29. The van der Waals surface area contributed by atoms with Crippen LogP contribution in [0.3, 0.4) is 0 Å².